The first-order chi connectivity index (χ1) is 10.6. The zero-order valence-electron chi connectivity index (χ0n) is 11.8. The first kappa shape index (κ1) is 16.0. The number of hydrogen-bond donors (Lipinski definition) is 3. The molecule has 0 atom stereocenters. The van der Waals surface area contributed by atoms with Crippen molar-refractivity contribution < 1.29 is 9.59 Å². The lowest BCUT2D eigenvalue weighted by Crippen LogP contribution is -2.31. The van der Waals surface area contributed by atoms with Crippen molar-refractivity contribution in [2.24, 2.45) is 5.73 Å². The molecule has 4 N–H and O–H groups in total. The molecule has 2 aromatic carbocycles. The topological polar surface area (TPSA) is 84.2 Å². The fraction of sp³-hybridized carbons (Fsp3) is 0.125. The number of hydrogen-bond acceptors (Lipinski definition) is 2. The van der Waals surface area contributed by atoms with E-state index in [0.717, 1.165) is 10.0 Å². The number of amides is 3. The maximum Gasteiger partial charge on any atom is 0.319 e. The van der Waals surface area contributed by atoms with Crippen LogP contribution in [0, 0.1) is 0 Å². The predicted molar refractivity (Wildman–Crippen MR) is 89.8 cm³/mol. The lowest BCUT2D eigenvalue weighted by Gasteiger charge is -2.10. The van der Waals surface area contributed by atoms with Crippen LogP contribution in [-0.4, -0.2) is 18.5 Å². The third-order valence-corrected chi connectivity index (χ3v) is 3.52. The molecular formula is C16H16BrN3O2. The number of benzene rings is 2. The lowest BCUT2D eigenvalue weighted by atomic mass is 10.1. The van der Waals surface area contributed by atoms with Crippen molar-refractivity contribution in [2.45, 2.75) is 6.42 Å². The number of anilines is 1. The molecule has 0 heterocycles. The summed E-state index contributed by atoms with van der Waals surface area (Å²) in [5.74, 6) is -0.579. The van der Waals surface area contributed by atoms with E-state index < -0.39 is 5.91 Å². The zero-order valence-corrected chi connectivity index (χ0v) is 13.4. The van der Waals surface area contributed by atoms with E-state index in [2.05, 4.69) is 26.6 Å². The molecule has 3 amide bonds. The van der Waals surface area contributed by atoms with E-state index in [4.69, 9.17) is 5.73 Å². The number of carbonyl (C=O) groups is 2. The summed E-state index contributed by atoms with van der Waals surface area (Å²) in [5.41, 5.74) is 7.06. The average molecular weight is 362 g/mol. The highest BCUT2D eigenvalue weighted by atomic mass is 79.9. The molecule has 0 aliphatic rings. The molecule has 2 aromatic rings. The van der Waals surface area contributed by atoms with Crippen LogP contribution in [0.4, 0.5) is 10.5 Å². The number of nitrogens with one attached hydrogen (secondary N) is 2. The van der Waals surface area contributed by atoms with Gasteiger partial charge < -0.3 is 16.4 Å². The number of carbonyl (C=O) groups excluding carboxylic acids is 2. The highest BCUT2D eigenvalue weighted by Crippen LogP contribution is 2.14. The lowest BCUT2D eigenvalue weighted by molar-refractivity contribution is 0.100. The molecule has 22 heavy (non-hydrogen) atoms. The van der Waals surface area contributed by atoms with Crippen molar-refractivity contribution in [3.05, 3.63) is 64.1 Å². The molecule has 0 aliphatic heterocycles. The SMILES string of the molecule is NC(=O)c1ccccc1NC(=O)NCCc1cccc(Br)c1. The molecular weight excluding hydrogens is 346 g/mol. The van der Waals surface area contributed by atoms with Gasteiger partial charge in [0.05, 0.1) is 11.3 Å². The summed E-state index contributed by atoms with van der Waals surface area (Å²) in [7, 11) is 0. The van der Waals surface area contributed by atoms with Crippen molar-refractivity contribution in [3.8, 4) is 0 Å². The number of primary amides is 1. The van der Waals surface area contributed by atoms with Crippen LogP contribution < -0.4 is 16.4 Å². The van der Waals surface area contributed by atoms with Crippen molar-refractivity contribution in [2.75, 3.05) is 11.9 Å². The highest BCUT2D eigenvalue weighted by molar-refractivity contribution is 9.10. The Labute approximate surface area is 137 Å². The van der Waals surface area contributed by atoms with E-state index in [0.29, 0.717) is 18.7 Å². The number of rotatable bonds is 5. The fourth-order valence-corrected chi connectivity index (χ4v) is 2.43. The Morgan fingerprint density at radius 2 is 1.86 bits per heavy atom. The molecule has 0 saturated heterocycles. The molecule has 0 bridgehead atoms. The van der Waals surface area contributed by atoms with E-state index in [1.165, 1.54) is 0 Å². The quantitative estimate of drug-likeness (QED) is 0.764. The van der Waals surface area contributed by atoms with E-state index in [-0.39, 0.29) is 11.6 Å². The highest BCUT2D eigenvalue weighted by Gasteiger charge is 2.09. The largest absolute Gasteiger partial charge is 0.366 e. The van der Waals surface area contributed by atoms with E-state index in [1.807, 2.05) is 24.3 Å². The van der Waals surface area contributed by atoms with Gasteiger partial charge in [0.25, 0.3) is 5.91 Å². The second-order valence-corrected chi connectivity index (χ2v) is 5.59. The standard InChI is InChI=1S/C16H16BrN3O2/c17-12-5-3-4-11(10-12)8-9-19-16(22)20-14-7-2-1-6-13(14)15(18)21/h1-7,10H,8-9H2,(H2,18,21)(H2,19,20,22). The molecule has 0 aromatic heterocycles. The zero-order chi connectivity index (χ0) is 15.9. The maximum atomic E-state index is 11.9. The average Bonchev–Trinajstić information content (AvgIpc) is 2.47. The fourth-order valence-electron chi connectivity index (χ4n) is 1.99. The minimum Gasteiger partial charge on any atom is -0.366 e. The van der Waals surface area contributed by atoms with Crippen LogP contribution in [0.3, 0.4) is 0 Å². The summed E-state index contributed by atoms with van der Waals surface area (Å²) in [6.07, 6.45) is 0.713. The van der Waals surface area contributed by atoms with Gasteiger partial charge in [0, 0.05) is 11.0 Å². The van der Waals surface area contributed by atoms with Crippen molar-refractivity contribution >= 4 is 33.6 Å². The van der Waals surface area contributed by atoms with Crippen LogP contribution in [0.25, 0.3) is 0 Å². The minimum atomic E-state index is -0.579. The summed E-state index contributed by atoms with van der Waals surface area (Å²) >= 11 is 3.41. The minimum absolute atomic E-state index is 0.282. The second kappa shape index (κ2) is 7.61. The monoisotopic (exact) mass is 361 g/mol. The van der Waals surface area contributed by atoms with E-state index >= 15 is 0 Å². The number of para-hydroxylation sites is 1. The van der Waals surface area contributed by atoms with Gasteiger partial charge in [0.1, 0.15) is 0 Å². The number of nitrogens with two attached hydrogens (primary N) is 1. The molecule has 0 saturated carbocycles. The van der Waals surface area contributed by atoms with Gasteiger partial charge in [0.15, 0.2) is 0 Å². The Balaban J connectivity index is 1.87. The Bertz CT molecular complexity index is 689. The van der Waals surface area contributed by atoms with Gasteiger partial charge in [0.2, 0.25) is 0 Å². The van der Waals surface area contributed by atoms with Crippen LogP contribution >= 0.6 is 15.9 Å². The molecule has 0 radical (unpaired) electrons. The van der Waals surface area contributed by atoms with Crippen LogP contribution in [0.1, 0.15) is 15.9 Å². The Morgan fingerprint density at radius 1 is 1.09 bits per heavy atom. The van der Waals surface area contributed by atoms with Gasteiger partial charge in [-0.1, -0.05) is 40.2 Å². The van der Waals surface area contributed by atoms with Gasteiger partial charge in [-0.05, 0) is 36.2 Å². The number of urea groups is 1. The van der Waals surface area contributed by atoms with Crippen molar-refractivity contribution in [3.63, 3.8) is 0 Å². The summed E-state index contributed by atoms with van der Waals surface area (Å²) in [6.45, 7) is 0.487. The van der Waals surface area contributed by atoms with Gasteiger partial charge in [-0.25, -0.2) is 4.79 Å². The first-order valence-electron chi connectivity index (χ1n) is 6.74. The van der Waals surface area contributed by atoms with Crippen molar-refractivity contribution in [1.29, 1.82) is 0 Å². The van der Waals surface area contributed by atoms with Crippen LogP contribution in [0.2, 0.25) is 0 Å². The smallest absolute Gasteiger partial charge is 0.319 e. The van der Waals surface area contributed by atoms with Crippen molar-refractivity contribution in [1.82, 2.24) is 5.32 Å². The molecule has 0 unspecified atom stereocenters. The summed E-state index contributed by atoms with van der Waals surface area (Å²) < 4.78 is 1.00. The predicted octanol–water partition coefficient (Wildman–Crippen LogP) is 2.91. The van der Waals surface area contributed by atoms with Crippen LogP contribution in [-0.2, 0) is 6.42 Å². The van der Waals surface area contributed by atoms with E-state index in [1.54, 1.807) is 24.3 Å². The molecule has 114 valence electrons. The molecule has 5 nitrogen and oxygen atoms in total. The Morgan fingerprint density at radius 3 is 2.59 bits per heavy atom. The molecule has 0 aliphatic carbocycles. The van der Waals surface area contributed by atoms with Crippen LogP contribution in [0.5, 0.6) is 0 Å². The number of halogens is 1. The summed E-state index contributed by atoms with van der Waals surface area (Å²) in [4.78, 5) is 23.1. The normalized spacial score (nSPS) is 10.0. The molecule has 0 spiro atoms. The Kier molecular flexibility index (Phi) is 5.55. The molecule has 6 heteroatoms. The summed E-state index contributed by atoms with van der Waals surface area (Å²) in [5, 5.41) is 5.38. The third kappa shape index (κ3) is 4.60. The molecule has 0 fully saturated rings. The van der Waals surface area contributed by atoms with Gasteiger partial charge in [-0.3, -0.25) is 4.79 Å². The third-order valence-electron chi connectivity index (χ3n) is 3.03. The second-order valence-electron chi connectivity index (χ2n) is 4.67. The van der Waals surface area contributed by atoms with Crippen LogP contribution in [0.15, 0.2) is 53.0 Å². The van der Waals surface area contributed by atoms with E-state index in [9.17, 15) is 9.59 Å². The summed E-state index contributed by atoms with van der Waals surface area (Å²) in [6, 6.07) is 14.1. The maximum absolute atomic E-state index is 11.9. The van der Waals surface area contributed by atoms with Gasteiger partial charge >= 0.3 is 6.03 Å². The first-order valence-corrected chi connectivity index (χ1v) is 7.53. The Hall–Kier alpha value is -2.34. The van der Waals surface area contributed by atoms with Gasteiger partial charge in [-0.2, -0.15) is 0 Å². The van der Waals surface area contributed by atoms with Gasteiger partial charge in [-0.15, -0.1) is 0 Å². The molecule has 2 rings (SSSR count).